The highest BCUT2D eigenvalue weighted by atomic mass is 16.5. The lowest BCUT2D eigenvalue weighted by Gasteiger charge is -2.09. The van der Waals surface area contributed by atoms with Gasteiger partial charge in [-0.3, -0.25) is 9.59 Å². The van der Waals surface area contributed by atoms with Gasteiger partial charge in [-0.25, -0.2) is 68.2 Å². The molecule has 0 saturated carbocycles. The number of aliphatic hydroxyl groups is 2. The van der Waals surface area contributed by atoms with Gasteiger partial charge in [0.1, 0.15) is 71.4 Å². The molecule has 0 bridgehead atoms. The molecule has 0 radical (unpaired) electrons. The molecule has 8 aromatic heterocycles. The fraction of sp³-hybridized carbons (Fsp3) is 0.200. The van der Waals surface area contributed by atoms with Gasteiger partial charge >= 0.3 is 12.1 Å². The molecule has 628 valence electrons. The van der Waals surface area contributed by atoms with Gasteiger partial charge in [0, 0.05) is 107 Å². The number of hydrogen-bond donors (Lipinski definition) is 12. The van der Waals surface area contributed by atoms with Gasteiger partial charge in [-0.2, -0.15) is 20.4 Å². The number of nitrogens with zero attached hydrogens (tertiary/aromatic N) is 16. The van der Waals surface area contributed by atoms with Crippen molar-refractivity contribution in [3.05, 3.63) is 253 Å². The number of nitrogens with one attached hydrogen (secondary N) is 6. The summed E-state index contributed by atoms with van der Waals surface area (Å²) in [7, 11) is 0. The summed E-state index contributed by atoms with van der Waals surface area (Å²) >= 11 is 0. The summed E-state index contributed by atoms with van der Waals surface area (Å²) in [6.45, 7) is 11.6. The van der Waals surface area contributed by atoms with Crippen molar-refractivity contribution >= 4 is 125 Å². The summed E-state index contributed by atoms with van der Waals surface area (Å²) in [5.74, 6) is 1.15. The number of ether oxygens (including phenoxy) is 2. The van der Waals surface area contributed by atoms with Crippen molar-refractivity contribution in [1.82, 2.24) is 79.0 Å². The predicted octanol–water partition coefficient (Wildman–Crippen LogP) is 14.0. The second kappa shape index (κ2) is 38.3. The zero-order valence-corrected chi connectivity index (χ0v) is 68.2. The fourth-order valence-electron chi connectivity index (χ4n) is 14.4. The summed E-state index contributed by atoms with van der Waals surface area (Å²) in [4.78, 5) is 83.6. The van der Waals surface area contributed by atoms with Crippen LogP contribution in [0.3, 0.4) is 0 Å². The van der Waals surface area contributed by atoms with E-state index < -0.39 is 0 Å². The van der Waals surface area contributed by atoms with Crippen molar-refractivity contribution in [2.75, 3.05) is 94.5 Å². The first kappa shape index (κ1) is 83.5. The van der Waals surface area contributed by atoms with Crippen molar-refractivity contribution in [2.45, 2.75) is 78.6 Å². The SMILES string of the molecule is Cc1cccc(C(=O)Nc2ccc(-c3nn(CCCO)c4ncnc(N)c34)cc2)c1.Cc1cccc(C(=O)Nc2ccc(-c3nn([C@H]4CCOC4)c4ncnc(N)c34)cc2)c1.Cc1cccc(NC(=O)Nc2ccc(-c3nn(CCCO)c4ncnc(N)c34)cc2)c1.Cc1cccc(NC(=O)Nc2ccc(-c3nn([C@H]4CCOC4)c4ncnc(N)c34)cc2)c1. The van der Waals surface area contributed by atoms with Crippen LogP contribution in [0.2, 0.25) is 0 Å². The lowest BCUT2D eigenvalue weighted by Crippen LogP contribution is -2.19. The Hall–Kier alpha value is -15.5. The molecule has 2 aliphatic rings. The van der Waals surface area contributed by atoms with Gasteiger partial charge in [0.25, 0.3) is 11.8 Å². The van der Waals surface area contributed by atoms with Crippen molar-refractivity contribution in [1.29, 1.82) is 0 Å². The van der Waals surface area contributed by atoms with Gasteiger partial charge in [-0.1, -0.05) is 108 Å². The molecular weight excluding hydrogens is 1570 g/mol. The third-order valence-corrected chi connectivity index (χ3v) is 20.5. The van der Waals surface area contributed by atoms with Crippen molar-refractivity contribution in [3.63, 3.8) is 0 Å². The molecule has 34 heteroatoms. The van der Waals surface area contributed by atoms with E-state index in [0.717, 1.165) is 85.2 Å². The van der Waals surface area contributed by atoms with E-state index in [1.807, 2.05) is 207 Å². The highest BCUT2D eigenvalue weighted by Crippen LogP contribution is 2.38. The minimum Gasteiger partial charge on any atom is -0.396 e. The number of amides is 6. The van der Waals surface area contributed by atoms with Gasteiger partial charge in [-0.15, -0.1) is 0 Å². The number of urea groups is 2. The molecule has 8 aromatic carbocycles. The average molecular weight is 1660 g/mol. The highest BCUT2D eigenvalue weighted by Gasteiger charge is 2.28. The van der Waals surface area contributed by atoms with Crippen LogP contribution in [0.5, 0.6) is 0 Å². The van der Waals surface area contributed by atoms with E-state index in [1.165, 1.54) is 25.3 Å². The number of rotatable bonds is 20. The van der Waals surface area contributed by atoms with Crippen LogP contribution in [-0.2, 0) is 22.6 Å². The minimum absolute atomic E-state index is 0.0578. The van der Waals surface area contributed by atoms with Crippen molar-refractivity contribution < 1.29 is 38.9 Å². The number of aryl methyl sites for hydroxylation is 6. The standard InChI is InChI=1S/C23H23N7O2.C23H22N6O2.C22H23N7O2.C22H22N6O2/c1-14-3-2-4-17(11-14)28-23(31)27-16-7-5-15(6-8-16)20-19-21(24)25-13-26-22(19)30(29-20)18-9-10-32-12-18;1-14-3-2-4-16(11-14)23(30)27-17-7-5-15(6-8-17)20-19-21(24)25-13-26-22(19)29(28-20)18-9-10-31-12-18;1-14-4-2-5-17(12-14)27-22(31)26-16-8-6-15(7-9-16)19-18-20(23)24-13-25-21(18)29(28-19)10-3-11-30;1-14-4-2-5-16(12-14)22(30)26-17-8-6-15(7-9-17)19-18-20(23)24-13-25-21(18)28(27-19)10-3-11-29/h2-8,11,13,18H,9-10,12H2,1H3,(H2,24,25,26)(H2,27,28,31);2-8,11,13,18H,9-10,12H2,1H3,(H,27,30)(H2,24,25,26);2,4-9,12-13,30H,3,10-11H2,1H3,(H2,23,24,25)(H2,26,27,31);2,4-9,12-13,29H,3,10-11H2,1H3,(H,26,30)(H2,23,24,25)/t2*18-;;/m00../s1. The molecule has 124 heavy (non-hydrogen) atoms. The van der Waals surface area contributed by atoms with Crippen LogP contribution in [0.1, 0.15) is 80.7 Å². The molecule has 10 heterocycles. The van der Waals surface area contributed by atoms with Crippen LogP contribution in [-0.4, -0.2) is 153 Å². The summed E-state index contributed by atoms with van der Waals surface area (Å²) in [6.07, 6.45) is 8.59. The summed E-state index contributed by atoms with van der Waals surface area (Å²) in [5.41, 5.74) is 42.9. The molecule has 2 atom stereocenters. The lowest BCUT2D eigenvalue weighted by atomic mass is 10.1. The molecule has 0 unspecified atom stereocenters. The van der Waals surface area contributed by atoms with E-state index in [9.17, 15) is 19.2 Å². The molecule has 34 nitrogen and oxygen atoms in total. The van der Waals surface area contributed by atoms with Crippen LogP contribution in [0.15, 0.2) is 219 Å². The van der Waals surface area contributed by atoms with Crippen LogP contribution < -0.4 is 54.8 Å². The highest BCUT2D eigenvalue weighted by molar-refractivity contribution is 6.07. The molecule has 18 rings (SSSR count). The van der Waals surface area contributed by atoms with E-state index in [1.54, 1.807) is 33.6 Å². The van der Waals surface area contributed by atoms with Gasteiger partial charge in [0.2, 0.25) is 0 Å². The monoisotopic (exact) mass is 1660 g/mol. The number of aliphatic hydroxyl groups excluding tert-OH is 2. The molecular formula is C90H90N26O8. The Morgan fingerprint density at radius 1 is 0.363 bits per heavy atom. The smallest absolute Gasteiger partial charge is 0.323 e. The first-order chi connectivity index (χ1) is 60.3. The molecule has 0 spiro atoms. The first-order valence-electron chi connectivity index (χ1n) is 40.1. The minimum atomic E-state index is -0.324. The number of fused-ring (bicyclic) bond motifs is 4. The Morgan fingerprint density at radius 3 is 0.976 bits per heavy atom. The number of aromatic nitrogens is 16. The fourth-order valence-corrected chi connectivity index (χ4v) is 14.4. The summed E-state index contributed by atoms with van der Waals surface area (Å²) in [6, 6.07) is 59.4. The van der Waals surface area contributed by atoms with Crippen molar-refractivity contribution in [3.8, 4) is 45.0 Å². The Kier molecular flexibility index (Phi) is 25.8. The number of benzene rings is 8. The zero-order valence-electron chi connectivity index (χ0n) is 68.2. The first-order valence-corrected chi connectivity index (χ1v) is 40.1. The number of nitrogen functional groups attached to an aromatic ring is 4. The number of carbonyl (C=O) groups excluding carboxylic acids is 4. The van der Waals surface area contributed by atoms with E-state index in [-0.39, 0.29) is 49.2 Å². The Balaban J connectivity index is 0.000000128. The van der Waals surface area contributed by atoms with E-state index in [4.69, 9.17) is 52.8 Å². The second-order valence-electron chi connectivity index (χ2n) is 29.6. The maximum Gasteiger partial charge on any atom is 0.323 e. The van der Waals surface area contributed by atoms with Crippen LogP contribution in [0.25, 0.3) is 89.2 Å². The van der Waals surface area contributed by atoms with Crippen LogP contribution in [0.4, 0.5) is 67.0 Å². The van der Waals surface area contributed by atoms with Gasteiger partial charge in [0.05, 0.1) is 46.8 Å². The van der Waals surface area contributed by atoms with E-state index in [2.05, 4.69) is 82.0 Å². The summed E-state index contributed by atoms with van der Waals surface area (Å²) < 4.78 is 18.3. The zero-order chi connectivity index (χ0) is 86.3. The number of hydrogen-bond acceptors (Lipinski definition) is 24. The van der Waals surface area contributed by atoms with Gasteiger partial charge < -0.3 is 74.5 Å². The molecule has 0 aliphatic carbocycles. The maximum atomic E-state index is 12.5. The van der Waals surface area contributed by atoms with Crippen LogP contribution >= 0.6 is 0 Å². The van der Waals surface area contributed by atoms with E-state index in [0.29, 0.717) is 160 Å². The van der Waals surface area contributed by atoms with Gasteiger partial charge in [-0.05, 0) is 162 Å². The molecule has 2 aliphatic heterocycles. The quantitative estimate of drug-likeness (QED) is 0.0337. The third kappa shape index (κ3) is 19.5. The topological polar surface area (TPSA) is 478 Å². The molecule has 6 amide bonds. The second-order valence-corrected chi connectivity index (χ2v) is 29.6. The lowest BCUT2D eigenvalue weighted by molar-refractivity contribution is 0.101. The third-order valence-electron chi connectivity index (χ3n) is 20.5. The number of anilines is 10. The Labute approximate surface area is 710 Å². The number of nitrogens with two attached hydrogens (primary N) is 4. The maximum absolute atomic E-state index is 12.5. The van der Waals surface area contributed by atoms with Gasteiger partial charge in [0.15, 0.2) is 22.6 Å². The Morgan fingerprint density at radius 2 is 0.661 bits per heavy atom. The predicted molar refractivity (Wildman–Crippen MR) is 479 cm³/mol. The largest absolute Gasteiger partial charge is 0.396 e. The molecule has 2 fully saturated rings. The normalized spacial score (nSPS) is 13.4. The average Bonchev–Trinajstić information content (AvgIpc) is 1.60. The molecule has 16 aromatic rings. The van der Waals surface area contributed by atoms with Crippen LogP contribution in [0, 0.1) is 27.7 Å². The number of carbonyl (C=O) groups is 4. The van der Waals surface area contributed by atoms with E-state index >= 15 is 0 Å². The summed E-state index contributed by atoms with van der Waals surface area (Å²) in [5, 5.41) is 57.1. The van der Waals surface area contributed by atoms with Crippen molar-refractivity contribution in [2.24, 2.45) is 0 Å². The molecule has 16 N–H and O–H groups in total. The molecule has 2 saturated heterocycles. The Bertz CT molecular complexity index is 6520.